The lowest BCUT2D eigenvalue weighted by Gasteiger charge is -2.39. The Balaban J connectivity index is 1.82. The van der Waals surface area contributed by atoms with Crippen LogP contribution >= 0.6 is 0 Å². The summed E-state index contributed by atoms with van der Waals surface area (Å²) in [5.41, 5.74) is 2.19. The van der Waals surface area contributed by atoms with Gasteiger partial charge in [-0.25, -0.2) is 4.68 Å². The van der Waals surface area contributed by atoms with Crippen LogP contribution in [0.4, 0.5) is 0 Å². The van der Waals surface area contributed by atoms with Gasteiger partial charge in [0.05, 0.1) is 13.2 Å². The van der Waals surface area contributed by atoms with Gasteiger partial charge in [-0.3, -0.25) is 0 Å². The molecule has 0 bridgehead atoms. The molecule has 3 aromatic rings. The molecule has 1 atom stereocenters. The van der Waals surface area contributed by atoms with Crippen molar-refractivity contribution in [3.8, 4) is 0 Å². The Hall–Kier alpha value is -2.57. The monoisotopic (exact) mass is 378 g/mol. The Labute approximate surface area is 166 Å². The van der Waals surface area contributed by atoms with E-state index in [4.69, 9.17) is 4.74 Å². The first kappa shape index (κ1) is 18.8. The second kappa shape index (κ2) is 8.20. The summed E-state index contributed by atoms with van der Waals surface area (Å²) in [5, 5.41) is 13.2. The molecule has 1 saturated heterocycles. The van der Waals surface area contributed by atoms with Crippen molar-refractivity contribution in [2.45, 2.75) is 31.8 Å². The molecule has 0 unspecified atom stereocenters. The fourth-order valence-corrected chi connectivity index (χ4v) is 4.21. The van der Waals surface area contributed by atoms with Gasteiger partial charge in [-0.1, -0.05) is 67.6 Å². The first-order valence-electron chi connectivity index (χ1n) is 10.0. The molecule has 4 rings (SSSR count). The zero-order valence-corrected chi connectivity index (χ0v) is 16.6. The molecule has 0 radical (unpaired) electrons. The minimum absolute atomic E-state index is 0.0567. The van der Waals surface area contributed by atoms with Crippen molar-refractivity contribution < 1.29 is 9.64 Å². The molecule has 1 fully saturated rings. The van der Waals surface area contributed by atoms with E-state index in [0.29, 0.717) is 0 Å². The third kappa shape index (κ3) is 3.45. The summed E-state index contributed by atoms with van der Waals surface area (Å²) >= 11 is 0. The van der Waals surface area contributed by atoms with Crippen molar-refractivity contribution in [1.82, 2.24) is 20.2 Å². The lowest BCUT2D eigenvalue weighted by Crippen LogP contribution is -3.20. The SMILES string of the molecule is CC[C@@](C)(c1nnnn1C(c1ccccc1)c1ccccc1)[NH+]1CCOCC1. The maximum atomic E-state index is 5.59. The van der Waals surface area contributed by atoms with Crippen LogP contribution < -0.4 is 4.90 Å². The lowest BCUT2D eigenvalue weighted by atomic mass is 9.92. The van der Waals surface area contributed by atoms with Gasteiger partial charge in [0.15, 0.2) is 5.54 Å². The largest absolute Gasteiger partial charge is 0.370 e. The van der Waals surface area contributed by atoms with Gasteiger partial charge in [0.1, 0.15) is 19.1 Å². The van der Waals surface area contributed by atoms with Crippen molar-refractivity contribution in [1.29, 1.82) is 0 Å². The average Bonchev–Trinajstić information content (AvgIpc) is 3.25. The molecule has 1 aliphatic rings. The number of nitrogens with one attached hydrogen (secondary N) is 1. The average molecular weight is 379 g/mol. The van der Waals surface area contributed by atoms with Gasteiger partial charge in [-0.05, 0) is 28.5 Å². The highest BCUT2D eigenvalue weighted by atomic mass is 16.5. The first-order valence-corrected chi connectivity index (χ1v) is 10.0. The number of morpholine rings is 1. The Morgan fingerprint density at radius 1 is 1.00 bits per heavy atom. The minimum atomic E-state index is -0.172. The summed E-state index contributed by atoms with van der Waals surface area (Å²) in [4.78, 5) is 1.48. The molecule has 0 amide bonds. The second-order valence-electron chi connectivity index (χ2n) is 7.57. The molecule has 1 aromatic heterocycles. The van der Waals surface area contributed by atoms with E-state index < -0.39 is 0 Å². The molecular formula is C22H28N5O+. The molecule has 6 heteroatoms. The van der Waals surface area contributed by atoms with Crippen LogP contribution in [0.1, 0.15) is 43.3 Å². The van der Waals surface area contributed by atoms with Crippen LogP contribution in [0, 0.1) is 0 Å². The normalized spacial score (nSPS) is 17.5. The number of quaternary nitrogens is 1. The van der Waals surface area contributed by atoms with Gasteiger partial charge in [0, 0.05) is 6.42 Å². The van der Waals surface area contributed by atoms with E-state index in [1.807, 2.05) is 16.8 Å². The van der Waals surface area contributed by atoms with Crippen LogP contribution in [-0.4, -0.2) is 46.5 Å². The zero-order chi connectivity index (χ0) is 19.4. The molecular weight excluding hydrogens is 350 g/mol. The van der Waals surface area contributed by atoms with Crippen molar-refractivity contribution in [3.63, 3.8) is 0 Å². The molecule has 2 aromatic carbocycles. The summed E-state index contributed by atoms with van der Waals surface area (Å²) in [6, 6.07) is 20.9. The predicted octanol–water partition coefficient (Wildman–Crippen LogP) is 1.85. The van der Waals surface area contributed by atoms with Crippen molar-refractivity contribution in [3.05, 3.63) is 77.6 Å². The molecule has 146 valence electrons. The number of benzene rings is 2. The summed E-state index contributed by atoms with van der Waals surface area (Å²) in [5.74, 6) is 0.935. The van der Waals surface area contributed by atoms with Crippen LogP contribution in [0.5, 0.6) is 0 Å². The summed E-state index contributed by atoms with van der Waals surface area (Å²) in [6.07, 6.45) is 0.957. The molecule has 28 heavy (non-hydrogen) atoms. The van der Waals surface area contributed by atoms with Crippen molar-refractivity contribution >= 4 is 0 Å². The van der Waals surface area contributed by atoms with Crippen LogP contribution in [-0.2, 0) is 10.3 Å². The topological polar surface area (TPSA) is 57.3 Å². The molecule has 2 heterocycles. The molecule has 1 aliphatic heterocycles. The lowest BCUT2D eigenvalue weighted by molar-refractivity contribution is -0.967. The van der Waals surface area contributed by atoms with E-state index in [0.717, 1.165) is 38.5 Å². The Kier molecular flexibility index (Phi) is 5.50. The Morgan fingerprint density at radius 2 is 1.57 bits per heavy atom. The number of aromatic nitrogens is 4. The van der Waals surface area contributed by atoms with Crippen LogP contribution in [0.25, 0.3) is 0 Å². The molecule has 6 nitrogen and oxygen atoms in total. The molecule has 0 aliphatic carbocycles. The van der Waals surface area contributed by atoms with Gasteiger partial charge >= 0.3 is 0 Å². The smallest absolute Gasteiger partial charge is 0.213 e. The van der Waals surface area contributed by atoms with Gasteiger partial charge < -0.3 is 9.64 Å². The minimum Gasteiger partial charge on any atom is -0.370 e. The number of tetrazole rings is 1. The predicted molar refractivity (Wildman–Crippen MR) is 107 cm³/mol. The standard InChI is InChI=1S/C22H27N5O/c1-3-22(2,26-14-16-28-17-15-26)21-23-24-25-27(21)20(18-10-6-4-7-11-18)19-12-8-5-9-13-19/h4-13,20H,3,14-17H2,1-2H3/p+1/t22-/m0/s1. The Bertz CT molecular complexity index is 837. The van der Waals surface area contributed by atoms with Crippen LogP contribution in [0.3, 0.4) is 0 Å². The number of hydrogen-bond donors (Lipinski definition) is 1. The second-order valence-corrected chi connectivity index (χ2v) is 7.57. The van der Waals surface area contributed by atoms with Gasteiger partial charge in [-0.15, -0.1) is 5.10 Å². The van der Waals surface area contributed by atoms with Crippen molar-refractivity contribution in [2.75, 3.05) is 26.3 Å². The van der Waals surface area contributed by atoms with E-state index in [1.165, 1.54) is 16.0 Å². The fourth-order valence-electron chi connectivity index (χ4n) is 4.21. The molecule has 0 saturated carbocycles. The highest BCUT2D eigenvalue weighted by Gasteiger charge is 2.43. The quantitative estimate of drug-likeness (QED) is 0.711. The maximum Gasteiger partial charge on any atom is 0.213 e. The van der Waals surface area contributed by atoms with Gasteiger partial charge in [0.2, 0.25) is 5.82 Å². The highest BCUT2D eigenvalue weighted by molar-refractivity contribution is 5.32. The maximum absolute atomic E-state index is 5.59. The summed E-state index contributed by atoms with van der Waals surface area (Å²) in [7, 11) is 0. The third-order valence-corrected chi connectivity index (χ3v) is 6.05. The van der Waals surface area contributed by atoms with E-state index >= 15 is 0 Å². The zero-order valence-electron chi connectivity index (χ0n) is 16.6. The number of ether oxygens (including phenoxy) is 1. The number of hydrogen-bond acceptors (Lipinski definition) is 4. The number of rotatable bonds is 6. The van der Waals surface area contributed by atoms with E-state index in [1.54, 1.807) is 0 Å². The molecule has 0 spiro atoms. The van der Waals surface area contributed by atoms with Gasteiger partial charge in [-0.2, -0.15) is 0 Å². The third-order valence-electron chi connectivity index (χ3n) is 6.05. The van der Waals surface area contributed by atoms with Crippen LogP contribution in [0.2, 0.25) is 0 Å². The van der Waals surface area contributed by atoms with E-state index in [-0.39, 0.29) is 11.6 Å². The van der Waals surface area contributed by atoms with Gasteiger partial charge in [0.25, 0.3) is 0 Å². The Morgan fingerprint density at radius 3 is 2.11 bits per heavy atom. The summed E-state index contributed by atoms with van der Waals surface area (Å²) < 4.78 is 7.62. The van der Waals surface area contributed by atoms with Crippen molar-refractivity contribution in [2.24, 2.45) is 0 Å². The summed E-state index contributed by atoms with van der Waals surface area (Å²) in [6.45, 7) is 8.02. The first-order chi connectivity index (χ1) is 13.7. The fraction of sp³-hybridized carbons (Fsp3) is 0.409. The van der Waals surface area contributed by atoms with Crippen LogP contribution in [0.15, 0.2) is 60.7 Å². The van der Waals surface area contributed by atoms with E-state index in [9.17, 15) is 0 Å². The number of nitrogens with zero attached hydrogens (tertiary/aromatic N) is 4. The van der Waals surface area contributed by atoms with E-state index in [2.05, 4.69) is 77.9 Å². The highest BCUT2D eigenvalue weighted by Crippen LogP contribution is 2.30. The molecule has 1 N–H and O–H groups in total.